The smallest absolute Gasteiger partial charge is 0.385 e. The summed E-state index contributed by atoms with van der Waals surface area (Å²) in [6, 6.07) is 11.7. The van der Waals surface area contributed by atoms with Gasteiger partial charge in [0.15, 0.2) is 6.61 Å². The molecule has 4 nitrogen and oxygen atoms in total. The van der Waals surface area contributed by atoms with Crippen molar-refractivity contribution in [2.45, 2.75) is 13.1 Å². The summed E-state index contributed by atoms with van der Waals surface area (Å²) in [5.74, 6) is -0.605. The molecule has 0 fully saturated rings. The molecule has 8 heteroatoms. The van der Waals surface area contributed by atoms with E-state index in [0.717, 1.165) is 22.2 Å². The van der Waals surface area contributed by atoms with E-state index in [1.807, 2.05) is 24.3 Å². The lowest BCUT2D eigenvalue weighted by molar-refractivity contribution is -0.137. The molecule has 0 aliphatic carbocycles. The highest BCUT2D eigenvalue weighted by atomic mass is 79.9. The number of carbonyl (C=O) groups is 1. The van der Waals surface area contributed by atoms with Crippen LogP contribution in [0.15, 0.2) is 58.2 Å². The molecule has 0 atom stereocenters. The molecule has 1 N–H and O–H groups in total. The minimum Gasteiger partial charge on any atom is -0.385 e. The Balaban J connectivity index is 1.90. The fourth-order valence-electron chi connectivity index (χ4n) is 1.90. The van der Waals surface area contributed by atoms with Gasteiger partial charge in [0.1, 0.15) is 0 Å². The molecular formula is C17H14BrF3N2O2. The number of halogens is 4. The topological polar surface area (TPSA) is 50.7 Å². The predicted molar refractivity (Wildman–Crippen MR) is 92.4 cm³/mol. The standard InChI is InChI=1S/C17H14BrF3N2O2/c1-11(12-5-7-14(18)8-6-12)23-25-10-16(24)22-15-4-2-3-13(9-15)17(19,20)21/h2-9H,10H2,1H3,(H,22,24)/b23-11-. The van der Waals surface area contributed by atoms with Gasteiger partial charge in [0.05, 0.1) is 11.3 Å². The van der Waals surface area contributed by atoms with Crippen molar-refractivity contribution in [1.82, 2.24) is 0 Å². The molecule has 1 amide bonds. The summed E-state index contributed by atoms with van der Waals surface area (Å²) in [5.41, 5.74) is 0.591. The summed E-state index contributed by atoms with van der Waals surface area (Å²) in [4.78, 5) is 16.7. The molecule has 0 heterocycles. The van der Waals surface area contributed by atoms with Crippen LogP contribution in [0, 0.1) is 0 Å². The van der Waals surface area contributed by atoms with Crippen molar-refractivity contribution in [2.24, 2.45) is 5.16 Å². The lowest BCUT2D eigenvalue weighted by Crippen LogP contribution is -2.18. The zero-order valence-corrected chi connectivity index (χ0v) is 14.7. The van der Waals surface area contributed by atoms with Crippen LogP contribution in [0.4, 0.5) is 18.9 Å². The maximum atomic E-state index is 12.6. The molecule has 0 aliphatic heterocycles. The molecule has 2 aromatic rings. The average Bonchev–Trinajstić information content (AvgIpc) is 2.55. The molecule has 0 radical (unpaired) electrons. The van der Waals surface area contributed by atoms with Gasteiger partial charge >= 0.3 is 6.18 Å². The Morgan fingerprint density at radius 2 is 1.88 bits per heavy atom. The van der Waals surface area contributed by atoms with E-state index >= 15 is 0 Å². The van der Waals surface area contributed by atoms with Crippen molar-refractivity contribution in [3.8, 4) is 0 Å². The first kappa shape index (κ1) is 19.0. The van der Waals surface area contributed by atoms with E-state index in [1.165, 1.54) is 12.1 Å². The van der Waals surface area contributed by atoms with Gasteiger partial charge in [-0.05, 0) is 42.8 Å². The van der Waals surface area contributed by atoms with Crippen LogP contribution in [0.2, 0.25) is 0 Å². The van der Waals surface area contributed by atoms with Crippen molar-refractivity contribution in [3.05, 3.63) is 64.1 Å². The van der Waals surface area contributed by atoms with Crippen LogP contribution in [-0.2, 0) is 15.8 Å². The minimum atomic E-state index is -4.47. The van der Waals surface area contributed by atoms with E-state index in [0.29, 0.717) is 5.71 Å². The van der Waals surface area contributed by atoms with Crippen molar-refractivity contribution in [3.63, 3.8) is 0 Å². The Kier molecular flexibility index (Phi) is 6.19. The van der Waals surface area contributed by atoms with Crippen molar-refractivity contribution in [2.75, 3.05) is 11.9 Å². The lowest BCUT2D eigenvalue weighted by atomic mass is 10.1. The second-order valence-corrected chi connectivity index (χ2v) is 6.00. The molecule has 0 aliphatic rings. The van der Waals surface area contributed by atoms with Crippen LogP contribution in [0.5, 0.6) is 0 Å². The zero-order chi connectivity index (χ0) is 18.4. The average molecular weight is 415 g/mol. The van der Waals surface area contributed by atoms with Crippen LogP contribution in [0.1, 0.15) is 18.1 Å². The maximum absolute atomic E-state index is 12.6. The van der Waals surface area contributed by atoms with E-state index in [1.54, 1.807) is 6.92 Å². The number of benzene rings is 2. The molecule has 0 bridgehead atoms. The number of nitrogens with one attached hydrogen (secondary N) is 1. The molecule has 0 saturated heterocycles. The normalized spacial score (nSPS) is 12.0. The Morgan fingerprint density at radius 3 is 2.52 bits per heavy atom. The highest BCUT2D eigenvalue weighted by Crippen LogP contribution is 2.30. The van der Waals surface area contributed by atoms with Gasteiger partial charge in [-0.2, -0.15) is 13.2 Å². The van der Waals surface area contributed by atoms with E-state index in [2.05, 4.69) is 26.4 Å². The summed E-state index contributed by atoms with van der Waals surface area (Å²) < 4.78 is 38.8. The zero-order valence-electron chi connectivity index (χ0n) is 13.1. The molecule has 2 aromatic carbocycles. The third-order valence-electron chi connectivity index (χ3n) is 3.13. The third kappa shape index (κ3) is 5.90. The first-order chi connectivity index (χ1) is 11.8. The molecule has 0 unspecified atom stereocenters. The maximum Gasteiger partial charge on any atom is 0.416 e. The summed E-state index contributed by atoms with van der Waals surface area (Å²) >= 11 is 3.32. The summed E-state index contributed by atoms with van der Waals surface area (Å²) in [6.45, 7) is 1.30. The van der Waals surface area contributed by atoms with Gasteiger partial charge in [-0.1, -0.05) is 39.3 Å². The molecular weight excluding hydrogens is 401 g/mol. The quantitative estimate of drug-likeness (QED) is 0.561. The van der Waals surface area contributed by atoms with Gasteiger partial charge in [0.25, 0.3) is 5.91 Å². The van der Waals surface area contributed by atoms with E-state index in [9.17, 15) is 18.0 Å². The summed E-state index contributed by atoms with van der Waals surface area (Å²) in [5, 5.41) is 6.16. The number of alkyl halides is 3. The van der Waals surface area contributed by atoms with Crippen LogP contribution in [0.3, 0.4) is 0 Å². The summed E-state index contributed by atoms with van der Waals surface area (Å²) in [6.07, 6.45) is -4.47. The highest BCUT2D eigenvalue weighted by Gasteiger charge is 2.30. The molecule has 0 aromatic heterocycles. The Hall–Kier alpha value is -2.35. The minimum absolute atomic E-state index is 0.0389. The Morgan fingerprint density at radius 1 is 1.20 bits per heavy atom. The van der Waals surface area contributed by atoms with Crippen LogP contribution < -0.4 is 5.32 Å². The molecule has 132 valence electrons. The molecule has 0 spiro atoms. The number of nitrogens with zero attached hydrogens (tertiary/aromatic N) is 1. The van der Waals surface area contributed by atoms with E-state index in [-0.39, 0.29) is 5.69 Å². The van der Waals surface area contributed by atoms with Gasteiger partial charge in [-0.15, -0.1) is 0 Å². The number of rotatable bonds is 5. The van der Waals surface area contributed by atoms with Gasteiger partial charge in [-0.25, -0.2) is 0 Å². The predicted octanol–water partition coefficient (Wildman–Crippen LogP) is 4.85. The van der Waals surface area contributed by atoms with Crippen LogP contribution >= 0.6 is 15.9 Å². The molecule has 25 heavy (non-hydrogen) atoms. The number of hydrogen-bond donors (Lipinski definition) is 1. The Bertz CT molecular complexity index is 774. The van der Waals surface area contributed by atoms with Crippen molar-refractivity contribution >= 4 is 33.2 Å². The Labute approximate surface area is 150 Å². The molecule has 0 saturated carbocycles. The first-order valence-electron chi connectivity index (χ1n) is 7.15. The third-order valence-corrected chi connectivity index (χ3v) is 3.66. The number of hydrogen-bond acceptors (Lipinski definition) is 3. The highest BCUT2D eigenvalue weighted by molar-refractivity contribution is 9.10. The first-order valence-corrected chi connectivity index (χ1v) is 7.94. The fourth-order valence-corrected chi connectivity index (χ4v) is 2.17. The SMILES string of the molecule is C/C(=N/OCC(=O)Nc1cccc(C(F)(F)F)c1)c1ccc(Br)cc1. The van der Waals surface area contributed by atoms with Crippen molar-refractivity contribution < 1.29 is 22.8 Å². The molecule has 2 rings (SSSR count). The monoisotopic (exact) mass is 414 g/mol. The number of amides is 1. The van der Waals surface area contributed by atoms with Gasteiger partial charge in [-0.3, -0.25) is 4.79 Å². The van der Waals surface area contributed by atoms with Gasteiger partial charge in [0, 0.05) is 10.2 Å². The van der Waals surface area contributed by atoms with Crippen LogP contribution in [0.25, 0.3) is 0 Å². The largest absolute Gasteiger partial charge is 0.416 e. The fraction of sp³-hybridized carbons (Fsp3) is 0.176. The van der Waals surface area contributed by atoms with E-state index in [4.69, 9.17) is 4.84 Å². The lowest BCUT2D eigenvalue weighted by Gasteiger charge is -2.09. The second kappa shape index (κ2) is 8.15. The number of anilines is 1. The van der Waals surface area contributed by atoms with Gasteiger partial charge < -0.3 is 10.2 Å². The van der Waals surface area contributed by atoms with Crippen LogP contribution in [-0.4, -0.2) is 18.2 Å². The summed E-state index contributed by atoms with van der Waals surface area (Å²) in [7, 11) is 0. The van der Waals surface area contributed by atoms with Crippen molar-refractivity contribution in [1.29, 1.82) is 0 Å². The van der Waals surface area contributed by atoms with E-state index < -0.39 is 24.3 Å². The number of oxime groups is 1. The van der Waals surface area contributed by atoms with Gasteiger partial charge in [0.2, 0.25) is 0 Å². The number of carbonyl (C=O) groups excluding carboxylic acids is 1. The second-order valence-electron chi connectivity index (χ2n) is 5.08.